The van der Waals surface area contributed by atoms with E-state index in [-0.39, 0.29) is 18.2 Å². The molecule has 0 saturated heterocycles. The van der Waals surface area contributed by atoms with Crippen LogP contribution in [0.4, 0.5) is 0 Å². The number of carbonyl (C=O) groups is 2. The second-order valence-electron chi connectivity index (χ2n) is 11.7. The highest BCUT2D eigenvalue weighted by atomic mass is 32.2. The summed E-state index contributed by atoms with van der Waals surface area (Å²) in [6.45, 7) is 4.76. The molecule has 2 aromatic carbocycles. The van der Waals surface area contributed by atoms with Gasteiger partial charge in [0.1, 0.15) is 6.04 Å². The van der Waals surface area contributed by atoms with Crippen LogP contribution in [-0.2, 0) is 26.1 Å². The molecule has 0 bridgehead atoms. The van der Waals surface area contributed by atoms with Crippen molar-refractivity contribution < 1.29 is 22.7 Å². The highest BCUT2D eigenvalue weighted by Crippen LogP contribution is 2.30. The van der Waals surface area contributed by atoms with Gasteiger partial charge in [0.05, 0.1) is 12.9 Å². The van der Waals surface area contributed by atoms with Crippen molar-refractivity contribution in [3.05, 3.63) is 59.2 Å². The van der Waals surface area contributed by atoms with Crippen molar-refractivity contribution in [1.82, 2.24) is 9.62 Å². The minimum atomic E-state index is -3.43. The van der Waals surface area contributed by atoms with Gasteiger partial charge in [-0.05, 0) is 84.9 Å². The van der Waals surface area contributed by atoms with Crippen LogP contribution in [0.2, 0.25) is 0 Å². The average Bonchev–Trinajstić information content (AvgIpc) is 3.01. The molecule has 0 aliphatic heterocycles. The van der Waals surface area contributed by atoms with Gasteiger partial charge in [-0.15, -0.1) is 0 Å². The van der Waals surface area contributed by atoms with Gasteiger partial charge >= 0.3 is 5.97 Å². The van der Waals surface area contributed by atoms with E-state index in [1.54, 1.807) is 22.1 Å². The average molecular weight is 631 g/mol. The number of rotatable bonds is 17. The van der Waals surface area contributed by atoms with Gasteiger partial charge in [-0.2, -0.15) is 16.1 Å². The molecule has 0 heterocycles. The lowest BCUT2D eigenvalue weighted by atomic mass is 9.86. The Morgan fingerprint density at radius 3 is 2.49 bits per heavy atom. The second-order valence-corrected chi connectivity index (χ2v) is 14.7. The Morgan fingerprint density at radius 1 is 1.07 bits per heavy atom. The molecule has 1 saturated carbocycles. The molecular formula is C34H50N2O5S2. The van der Waals surface area contributed by atoms with Gasteiger partial charge in [-0.3, -0.25) is 4.79 Å². The molecule has 9 heteroatoms. The fourth-order valence-electron chi connectivity index (χ4n) is 5.86. The molecule has 2 aromatic rings. The number of amides is 1. The third kappa shape index (κ3) is 10.6. The topological polar surface area (TPSA) is 92.8 Å². The minimum Gasteiger partial charge on any atom is -0.467 e. The first-order valence-corrected chi connectivity index (χ1v) is 18.7. The summed E-state index contributed by atoms with van der Waals surface area (Å²) in [4.78, 5) is 26.0. The van der Waals surface area contributed by atoms with Crippen molar-refractivity contribution in [3.63, 3.8) is 0 Å². The van der Waals surface area contributed by atoms with Crippen LogP contribution in [0.25, 0.3) is 11.1 Å². The molecule has 3 rings (SSSR count). The minimum absolute atomic E-state index is 0.142. The van der Waals surface area contributed by atoms with Crippen molar-refractivity contribution in [2.45, 2.75) is 90.6 Å². The normalized spacial score (nSPS) is 14.9. The van der Waals surface area contributed by atoms with Crippen LogP contribution < -0.4 is 5.32 Å². The summed E-state index contributed by atoms with van der Waals surface area (Å²) in [7, 11) is -2.11. The third-order valence-corrected chi connectivity index (χ3v) is 11.0. The van der Waals surface area contributed by atoms with Gasteiger partial charge in [0, 0.05) is 18.7 Å². The van der Waals surface area contributed by atoms with Crippen LogP contribution in [0.15, 0.2) is 42.5 Å². The van der Waals surface area contributed by atoms with E-state index in [9.17, 15) is 18.0 Å². The first-order chi connectivity index (χ1) is 20.7. The maximum Gasteiger partial charge on any atom is 0.328 e. The fraction of sp³-hybridized carbons (Fsp3) is 0.588. The van der Waals surface area contributed by atoms with Crippen molar-refractivity contribution >= 4 is 33.7 Å². The number of unbranched alkanes of at least 4 members (excludes halogenated alkanes) is 1. The van der Waals surface area contributed by atoms with E-state index in [4.69, 9.17) is 4.74 Å². The summed E-state index contributed by atoms with van der Waals surface area (Å²) in [5, 5.41) is 2.88. The molecular weight excluding hydrogens is 581 g/mol. The smallest absolute Gasteiger partial charge is 0.328 e. The number of thioether (sulfide) groups is 1. The number of ether oxygens (including phenoxy) is 1. The van der Waals surface area contributed by atoms with Crippen molar-refractivity contribution in [2.75, 3.05) is 31.4 Å². The molecule has 0 spiro atoms. The molecule has 1 fully saturated rings. The first-order valence-electron chi connectivity index (χ1n) is 15.7. The molecule has 7 nitrogen and oxygen atoms in total. The largest absolute Gasteiger partial charge is 0.467 e. The van der Waals surface area contributed by atoms with Gasteiger partial charge < -0.3 is 10.1 Å². The Hall–Kier alpha value is -2.36. The van der Waals surface area contributed by atoms with E-state index in [1.807, 2.05) is 56.5 Å². The molecule has 1 aliphatic carbocycles. The predicted molar refractivity (Wildman–Crippen MR) is 178 cm³/mol. The first kappa shape index (κ1) is 35.1. The number of carbonyl (C=O) groups excluding carboxylic acids is 2. The number of hydrogen-bond acceptors (Lipinski definition) is 6. The van der Waals surface area contributed by atoms with Gasteiger partial charge in [0.2, 0.25) is 10.0 Å². The highest BCUT2D eigenvalue weighted by molar-refractivity contribution is 7.98. The van der Waals surface area contributed by atoms with Crippen LogP contribution in [0.5, 0.6) is 0 Å². The fourth-order valence-corrected chi connectivity index (χ4v) is 7.99. The highest BCUT2D eigenvalue weighted by Gasteiger charge is 2.26. The maximum atomic E-state index is 13.6. The summed E-state index contributed by atoms with van der Waals surface area (Å²) >= 11 is 1.60. The van der Waals surface area contributed by atoms with Gasteiger partial charge in [-0.25, -0.2) is 13.2 Å². The van der Waals surface area contributed by atoms with Crippen molar-refractivity contribution in [2.24, 2.45) is 5.92 Å². The quantitative estimate of drug-likeness (QED) is 0.190. The second kappa shape index (κ2) is 17.8. The van der Waals surface area contributed by atoms with E-state index in [1.165, 1.54) is 39.2 Å². The van der Waals surface area contributed by atoms with Gasteiger partial charge in [0.15, 0.2) is 0 Å². The number of sulfonamides is 1. The lowest BCUT2D eigenvalue weighted by Gasteiger charge is -2.26. The Kier molecular flexibility index (Phi) is 14.6. The SMILES string of the molecule is CCCCS(=O)(=O)N(CCCC1CCCCC1)Cc1ccc(C(=O)N[C@@H](CCSC)C(=O)OC)c(-c2ccccc2C)c1. The van der Waals surface area contributed by atoms with Crippen LogP contribution in [0.1, 0.15) is 92.6 Å². The summed E-state index contributed by atoms with van der Waals surface area (Å²) in [6, 6.07) is 12.6. The Labute approximate surface area is 263 Å². The van der Waals surface area contributed by atoms with E-state index < -0.39 is 22.0 Å². The number of nitrogens with zero attached hydrogens (tertiary/aromatic N) is 1. The molecule has 0 aromatic heterocycles. The lowest BCUT2D eigenvalue weighted by molar-refractivity contribution is -0.142. The maximum absolute atomic E-state index is 13.6. The number of methoxy groups -OCH3 is 1. The van der Waals surface area contributed by atoms with Crippen LogP contribution in [0.3, 0.4) is 0 Å². The van der Waals surface area contributed by atoms with Gasteiger partial charge in [-0.1, -0.05) is 75.8 Å². The molecule has 1 aliphatic rings. The van der Waals surface area contributed by atoms with E-state index in [2.05, 4.69) is 5.32 Å². The summed E-state index contributed by atoms with van der Waals surface area (Å²) in [5.41, 5.74) is 3.88. The zero-order valence-corrected chi connectivity index (χ0v) is 28.0. The summed E-state index contributed by atoms with van der Waals surface area (Å²) in [5.74, 6) is 0.707. The molecule has 238 valence electrons. The summed E-state index contributed by atoms with van der Waals surface area (Å²) < 4.78 is 33.6. The predicted octanol–water partition coefficient (Wildman–Crippen LogP) is 6.98. The Bertz CT molecular complexity index is 1290. The zero-order valence-electron chi connectivity index (χ0n) is 26.4. The monoisotopic (exact) mass is 630 g/mol. The van der Waals surface area contributed by atoms with E-state index in [0.717, 1.165) is 41.5 Å². The van der Waals surface area contributed by atoms with Crippen molar-refractivity contribution in [3.8, 4) is 11.1 Å². The lowest BCUT2D eigenvalue weighted by Crippen LogP contribution is -2.42. The zero-order chi connectivity index (χ0) is 31.2. The molecule has 0 unspecified atom stereocenters. The van der Waals surface area contributed by atoms with Crippen molar-refractivity contribution in [1.29, 1.82) is 0 Å². The van der Waals surface area contributed by atoms with E-state index in [0.29, 0.717) is 36.6 Å². The molecule has 1 atom stereocenters. The Balaban J connectivity index is 1.92. The number of benzene rings is 2. The van der Waals surface area contributed by atoms with Crippen LogP contribution in [-0.4, -0.2) is 62.1 Å². The molecule has 1 amide bonds. The standard InChI is InChI=1S/C34H50N2O5S2/c1-5-6-23-43(39,40)36(21-12-16-27-14-8-7-9-15-27)25-28-18-19-30(31(24-28)29-17-11-10-13-26(29)2)33(37)35-32(20-22-42-4)34(38)41-3/h10-11,13,17-19,24,27,32H,5-9,12,14-16,20-23,25H2,1-4H3,(H,35,37)/t32-/m0/s1. The van der Waals surface area contributed by atoms with Gasteiger partial charge in [0.25, 0.3) is 5.91 Å². The molecule has 1 N–H and O–H groups in total. The van der Waals surface area contributed by atoms with Crippen LogP contribution >= 0.6 is 11.8 Å². The molecule has 0 radical (unpaired) electrons. The number of nitrogens with one attached hydrogen (secondary N) is 1. The Morgan fingerprint density at radius 2 is 1.81 bits per heavy atom. The summed E-state index contributed by atoms with van der Waals surface area (Å²) in [6.07, 6.45) is 12.2. The van der Waals surface area contributed by atoms with Crippen LogP contribution in [0, 0.1) is 12.8 Å². The molecule has 43 heavy (non-hydrogen) atoms. The van der Waals surface area contributed by atoms with E-state index >= 15 is 0 Å². The number of hydrogen-bond donors (Lipinski definition) is 1. The number of aryl methyl sites for hydroxylation is 1. The third-order valence-electron chi connectivity index (χ3n) is 8.42. The number of esters is 1.